The van der Waals surface area contributed by atoms with Gasteiger partial charge in [0, 0.05) is 16.6 Å². The molecule has 1 amide bonds. The number of nitrogens with one attached hydrogen (secondary N) is 1. The molecule has 0 saturated heterocycles. The van der Waals surface area contributed by atoms with Gasteiger partial charge < -0.3 is 4.74 Å². The third-order valence-electron chi connectivity index (χ3n) is 4.17. The summed E-state index contributed by atoms with van der Waals surface area (Å²) in [6, 6.07) is 17.6. The Morgan fingerprint density at radius 2 is 2.00 bits per heavy atom. The van der Waals surface area contributed by atoms with Crippen molar-refractivity contribution in [2.45, 2.75) is 18.9 Å². The predicted molar refractivity (Wildman–Crippen MR) is 97.7 cm³/mol. The van der Waals surface area contributed by atoms with Crippen molar-refractivity contribution in [3.05, 3.63) is 70.2 Å². The first-order valence-electron chi connectivity index (χ1n) is 7.94. The van der Waals surface area contributed by atoms with E-state index in [2.05, 4.69) is 26.5 Å². The van der Waals surface area contributed by atoms with Crippen molar-refractivity contribution in [2.75, 3.05) is 6.61 Å². The molecule has 1 N–H and O–H groups in total. The molecule has 1 aliphatic carbocycles. The van der Waals surface area contributed by atoms with Crippen molar-refractivity contribution in [1.82, 2.24) is 5.43 Å². The SMILES string of the molecule is CCOC1(c2ccccc2)CC1C(=O)N/N=C\c1ccccc1Br. The van der Waals surface area contributed by atoms with Crippen LogP contribution in [-0.2, 0) is 15.1 Å². The highest BCUT2D eigenvalue weighted by atomic mass is 79.9. The van der Waals surface area contributed by atoms with E-state index in [4.69, 9.17) is 4.74 Å². The Hall–Kier alpha value is -1.98. The molecule has 2 unspecified atom stereocenters. The van der Waals surface area contributed by atoms with Crippen molar-refractivity contribution in [1.29, 1.82) is 0 Å². The topological polar surface area (TPSA) is 50.7 Å². The van der Waals surface area contributed by atoms with Crippen LogP contribution in [0, 0.1) is 5.92 Å². The molecular weight excluding hydrogens is 368 g/mol. The Bertz CT molecular complexity index is 748. The molecule has 1 aliphatic rings. The van der Waals surface area contributed by atoms with Gasteiger partial charge in [0.2, 0.25) is 5.91 Å². The van der Waals surface area contributed by atoms with Crippen LogP contribution < -0.4 is 5.43 Å². The van der Waals surface area contributed by atoms with Gasteiger partial charge in [0.25, 0.3) is 0 Å². The lowest BCUT2D eigenvalue weighted by molar-refractivity contribution is -0.124. The maximum absolute atomic E-state index is 12.4. The molecule has 4 nitrogen and oxygen atoms in total. The monoisotopic (exact) mass is 386 g/mol. The Labute approximate surface area is 150 Å². The Kier molecular flexibility index (Phi) is 5.11. The van der Waals surface area contributed by atoms with Crippen LogP contribution in [0.15, 0.2) is 64.2 Å². The molecule has 0 aromatic heterocycles. The maximum Gasteiger partial charge on any atom is 0.246 e. The molecule has 2 atom stereocenters. The van der Waals surface area contributed by atoms with E-state index in [1.54, 1.807) is 6.21 Å². The van der Waals surface area contributed by atoms with E-state index in [0.29, 0.717) is 13.0 Å². The maximum atomic E-state index is 12.4. The van der Waals surface area contributed by atoms with E-state index in [9.17, 15) is 4.79 Å². The summed E-state index contributed by atoms with van der Waals surface area (Å²) < 4.78 is 6.86. The molecule has 3 rings (SSSR count). The number of carbonyl (C=O) groups excluding carboxylic acids is 1. The Morgan fingerprint density at radius 3 is 2.71 bits per heavy atom. The van der Waals surface area contributed by atoms with Crippen LogP contribution in [0.25, 0.3) is 0 Å². The van der Waals surface area contributed by atoms with Gasteiger partial charge in [0.15, 0.2) is 0 Å². The van der Waals surface area contributed by atoms with Gasteiger partial charge in [-0.25, -0.2) is 5.43 Å². The summed E-state index contributed by atoms with van der Waals surface area (Å²) in [6.45, 7) is 2.52. The van der Waals surface area contributed by atoms with Gasteiger partial charge in [-0.05, 0) is 25.0 Å². The van der Waals surface area contributed by atoms with Crippen LogP contribution in [0.3, 0.4) is 0 Å². The van der Waals surface area contributed by atoms with Crippen LogP contribution in [-0.4, -0.2) is 18.7 Å². The van der Waals surface area contributed by atoms with Crippen LogP contribution >= 0.6 is 15.9 Å². The zero-order valence-corrected chi connectivity index (χ0v) is 15.0. The Balaban J connectivity index is 1.67. The van der Waals surface area contributed by atoms with E-state index in [1.807, 2.05) is 61.5 Å². The highest BCUT2D eigenvalue weighted by molar-refractivity contribution is 9.10. The van der Waals surface area contributed by atoms with E-state index < -0.39 is 5.60 Å². The summed E-state index contributed by atoms with van der Waals surface area (Å²) in [5.74, 6) is -0.327. The fourth-order valence-corrected chi connectivity index (χ4v) is 3.30. The lowest BCUT2D eigenvalue weighted by Crippen LogP contribution is -2.26. The minimum absolute atomic E-state index is 0.115. The summed E-state index contributed by atoms with van der Waals surface area (Å²) >= 11 is 3.45. The molecule has 0 aliphatic heterocycles. The van der Waals surface area contributed by atoms with Gasteiger partial charge in [-0.3, -0.25) is 4.79 Å². The van der Waals surface area contributed by atoms with Crippen molar-refractivity contribution in [2.24, 2.45) is 11.0 Å². The lowest BCUT2D eigenvalue weighted by Gasteiger charge is -2.17. The zero-order valence-electron chi connectivity index (χ0n) is 13.4. The number of hydrogen-bond donors (Lipinski definition) is 1. The molecule has 24 heavy (non-hydrogen) atoms. The van der Waals surface area contributed by atoms with E-state index in [0.717, 1.165) is 15.6 Å². The lowest BCUT2D eigenvalue weighted by atomic mass is 10.1. The smallest absolute Gasteiger partial charge is 0.246 e. The molecule has 0 radical (unpaired) electrons. The molecule has 0 heterocycles. The summed E-state index contributed by atoms with van der Waals surface area (Å²) in [6.07, 6.45) is 2.32. The quantitative estimate of drug-likeness (QED) is 0.605. The summed E-state index contributed by atoms with van der Waals surface area (Å²) in [4.78, 5) is 12.4. The summed E-state index contributed by atoms with van der Waals surface area (Å²) in [5, 5.41) is 4.07. The number of halogens is 1. The number of benzene rings is 2. The molecule has 5 heteroatoms. The molecule has 0 spiro atoms. The molecule has 2 aromatic carbocycles. The number of hydrazone groups is 1. The fraction of sp³-hybridized carbons (Fsp3) is 0.263. The first-order chi connectivity index (χ1) is 11.7. The van der Waals surface area contributed by atoms with Gasteiger partial charge in [-0.15, -0.1) is 0 Å². The molecule has 124 valence electrons. The third-order valence-corrected chi connectivity index (χ3v) is 4.90. The minimum Gasteiger partial charge on any atom is -0.370 e. The van der Waals surface area contributed by atoms with Gasteiger partial charge in [0.05, 0.1) is 12.1 Å². The molecule has 1 saturated carbocycles. The van der Waals surface area contributed by atoms with Crippen molar-refractivity contribution in [3.63, 3.8) is 0 Å². The Morgan fingerprint density at radius 1 is 1.29 bits per heavy atom. The molecule has 1 fully saturated rings. The van der Waals surface area contributed by atoms with Crippen LogP contribution in [0.2, 0.25) is 0 Å². The van der Waals surface area contributed by atoms with E-state index in [-0.39, 0.29) is 11.8 Å². The second kappa shape index (κ2) is 7.28. The number of amides is 1. The van der Waals surface area contributed by atoms with Gasteiger partial charge in [0.1, 0.15) is 5.60 Å². The fourth-order valence-electron chi connectivity index (χ4n) is 2.91. The van der Waals surface area contributed by atoms with Crippen molar-refractivity contribution in [3.8, 4) is 0 Å². The number of carbonyl (C=O) groups is 1. The average molecular weight is 387 g/mol. The normalized spacial score (nSPS) is 22.5. The van der Waals surface area contributed by atoms with Crippen molar-refractivity contribution >= 4 is 28.1 Å². The molecule has 2 aromatic rings. The average Bonchev–Trinajstić information content (AvgIpc) is 3.33. The third kappa shape index (κ3) is 3.42. The second-order valence-electron chi connectivity index (χ2n) is 5.70. The highest BCUT2D eigenvalue weighted by Crippen LogP contribution is 2.55. The largest absolute Gasteiger partial charge is 0.370 e. The minimum atomic E-state index is -0.511. The number of rotatable bonds is 6. The number of hydrogen-bond acceptors (Lipinski definition) is 3. The van der Waals surface area contributed by atoms with E-state index >= 15 is 0 Å². The zero-order chi connectivity index (χ0) is 17.0. The highest BCUT2D eigenvalue weighted by Gasteiger charge is 2.60. The van der Waals surface area contributed by atoms with Crippen molar-refractivity contribution < 1.29 is 9.53 Å². The second-order valence-corrected chi connectivity index (χ2v) is 6.56. The predicted octanol–water partition coefficient (Wildman–Crippen LogP) is 3.85. The first-order valence-corrected chi connectivity index (χ1v) is 8.73. The van der Waals surface area contributed by atoms with E-state index in [1.165, 1.54) is 0 Å². The summed E-state index contributed by atoms with van der Waals surface area (Å²) in [7, 11) is 0. The molecule has 0 bridgehead atoms. The standard InChI is InChI=1S/C19H19BrN2O2/c1-2-24-19(15-9-4-3-5-10-15)12-16(19)18(23)22-21-13-14-8-6-7-11-17(14)20/h3-11,13,16H,2,12H2,1H3,(H,22,23)/b21-13-. The van der Waals surface area contributed by atoms with Crippen LogP contribution in [0.1, 0.15) is 24.5 Å². The van der Waals surface area contributed by atoms with Gasteiger partial charge in [-0.1, -0.05) is 64.5 Å². The van der Waals surface area contributed by atoms with Crippen LogP contribution in [0.4, 0.5) is 0 Å². The first kappa shape index (κ1) is 16.9. The van der Waals surface area contributed by atoms with Gasteiger partial charge >= 0.3 is 0 Å². The number of nitrogens with zero attached hydrogens (tertiary/aromatic N) is 1. The van der Waals surface area contributed by atoms with Gasteiger partial charge in [-0.2, -0.15) is 5.10 Å². The summed E-state index contributed by atoms with van der Waals surface area (Å²) in [5.41, 5.74) is 4.08. The number of ether oxygens (including phenoxy) is 1. The van der Waals surface area contributed by atoms with Crippen LogP contribution in [0.5, 0.6) is 0 Å². The molecular formula is C19H19BrN2O2.